The molecule has 1 rings (SSSR count). The highest BCUT2D eigenvalue weighted by Crippen LogP contribution is 2.25. The maximum absolute atomic E-state index is 13.2. The summed E-state index contributed by atoms with van der Waals surface area (Å²) >= 11 is 0. The highest BCUT2D eigenvalue weighted by atomic mass is 19.1. The van der Waals surface area contributed by atoms with Crippen LogP contribution in [0.3, 0.4) is 0 Å². The van der Waals surface area contributed by atoms with Crippen LogP contribution in [0.1, 0.15) is 11.1 Å². The van der Waals surface area contributed by atoms with Crippen LogP contribution >= 0.6 is 0 Å². The second kappa shape index (κ2) is 4.21. The molecule has 0 unspecified atom stereocenters. The molecule has 0 aliphatic heterocycles. The lowest BCUT2D eigenvalue weighted by molar-refractivity contribution is -0.111. The number of anilines is 1. The van der Waals surface area contributed by atoms with Crippen molar-refractivity contribution in [3.8, 4) is 0 Å². The first-order chi connectivity index (χ1) is 6.97. The number of hydrogen-bond acceptors (Lipinski definition) is 1. The molecule has 0 atom stereocenters. The van der Waals surface area contributed by atoms with Crippen molar-refractivity contribution in [2.75, 3.05) is 5.32 Å². The number of carbonyl (C=O) groups excluding carboxylic acids is 1. The molecule has 80 valence electrons. The van der Waals surface area contributed by atoms with Crippen LogP contribution in [0.2, 0.25) is 0 Å². The van der Waals surface area contributed by atoms with Gasteiger partial charge in [0, 0.05) is 17.2 Å². The molecule has 0 bridgehead atoms. The van der Waals surface area contributed by atoms with Crippen molar-refractivity contribution in [1.29, 1.82) is 0 Å². The summed E-state index contributed by atoms with van der Waals surface area (Å²) in [4.78, 5) is 11.0. The second-order valence-electron chi connectivity index (χ2n) is 3.16. The molecule has 0 spiro atoms. The third-order valence-electron chi connectivity index (χ3n) is 2.15. The Morgan fingerprint density at radius 1 is 1.33 bits per heavy atom. The van der Waals surface area contributed by atoms with Gasteiger partial charge in [0.15, 0.2) is 0 Å². The summed E-state index contributed by atoms with van der Waals surface area (Å²) in [6.45, 7) is 6.21. The van der Waals surface area contributed by atoms with Crippen LogP contribution in [0, 0.1) is 25.5 Å². The van der Waals surface area contributed by atoms with Crippen molar-refractivity contribution >= 4 is 11.6 Å². The zero-order valence-electron chi connectivity index (χ0n) is 8.53. The van der Waals surface area contributed by atoms with Gasteiger partial charge < -0.3 is 5.32 Å². The Hall–Kier alpha value is -1.71. The van der Waals surface area contributed by atoms with Gasteiger partial charge in [0.05, 0.1) is 5.69 Å². The largest absolute Gasteiger partial charge is 0.322 e. The summed E-state index contributed by atoms with van der Waals surface area (Å²) in [5.74, 6) is -1.86. The van der Waals surface area contributed by atoms with Crippen molar-refractivity contribution in [2.24, 2.45) is 0 Å². The molecule has 4 heteroatoms. The van der Waals surface area contributed by atoms with Gasteiger partial charge in [-0.25, -0.2) is 8.78 Å². The van der Waals surface area contributed by atoms with Crippen LogP contribution in [-0.2, 0) is 4.79 Å². The van der Waals surface area contributed by atoms with Crippen molar-refractivity contribution in [3.05, 3.63) is 41.5 Å². The molecule has 0 aliphatic rings. The zero-order chi connectivity index (χ0) is 11.6. The van der Waals surface area contributed by atoms with Gasteiger partial charge in [-0.05, 0) is 19.9 Å². The number of benzene rings is 1. The van der Waals surface area contributed by atoms with E-state index in [1.165, 1.54) is 13.8 Å². The summed E-state index contributed by atoms with van der Waals surface area (Å²) in [6, 6.07) is 0.800. The van der Waals surface area contributed by atoms with Gasteiger partial charge in [-0.3, -0.25) is 4.79 Å². The molecule has 0 fully saturated rings. The Kier molecular flexibility index (Phi) is 3.19. The van der Waals surface area contributed by atoms with Crippen molar-refractivity contribution in [2.45, 2.75) is 13.8 Å². The normalized spacial score (nSPS) is 9.87. The Bertz CT molecular complexity index is 401. The van der Waals surface area contributed by atoms with Crippen LogP contribution in [0.25, 0.3) is 0 Å². The molecule has 0 heterocycles. The highest BCUT2D eigenvalue weighted by Gasteiger charge is 2.13. The van der Waals surface area contributed by atoms with E-state index in [4.69, 9.17) is 0 Å². The minimum atomic E-state index is -0.683. The van der Waals surface area contributed by atoms with Crippen LogP contribution in [-0.4, -0.2) is 5.91 Å². The second-order valence-corrected chi connectivity index (χ2v) is 3.16. The van der Waals surface area contributed by atoms with Gasteiger partial charge in [-0.2, -0.15) is 0 Å². The van der Waals surface area contributed by atoms with Gasteiger partial charge in [-0.1, -0.05) is 6.58 Å². The fourth-order valence-corrected chi connectivity index (χ4v) is 1.21. The van der Waals surface area contributed by atoms with Crippen LogP contribution < -0.4 is 5.32 Å². The molecule has 1 amide bonds. The Morgan fingerprint density at radius 2 is 1.80 bits per heavy atom. The minimum absolute atomic E-state index is 0.164. The molecule has 15 heavy (non-hydrogen) atoms. The first kappa shape index (κ1) is 11.4. The number of carbonyl (C=O) groups is 1. The van der Waals surface area contributed by atoms with Gasteiger partial charge in [0.2, 0.25) is 5.91 Å². The van der Waals surface area contributed by atoms with E-state index in [9.17, 15) is 13.6 Å². The molecule has 1 aromatic rings. The topological polar surface area (TPSA) is 29.1 Å². The lowest BCUT2D eigenvalue weighted by atomic mass is 10.1. The quantitative estimate of drug-likeness (QED) is 0.749. The van der Waals surface area contributed by atoms with E-state index in [1.54, 1.807) is 0 Å². The first-order valence-corrected chi connectivity index (χ1v) is 4.36. The number of halogens is 2. The first-order valence-electron chi connectivity index (χ1n) is 4.36. The average molecular weight is 211 g/mol. The summed E-state index contributed by atoms with van der Waals surface area (Å²) in [5.41, 5.74) is 0.589. The molecule has 0 saturated heterocycles. The molecular formula is C11H11F2NO. The summed E-state index contributed by atoms with van der Waals surface area (Å²) in [6.07, 6.45) is 1.04. The van der Waals surface area contributed by atoms with Crippen LogP contribution in [0.4, 0.5) is 14.5 Å². The van der Waals surface area contributed by atoms with Crippen LogP contribution in [0.15, 0.2) is 18.7 Å². The predicted octanol–water partition coefficient (Wildman–Crippen LogP) is 2.71. The smallest absolute Gasteiger partial charge is 0.247 e. The molecule has 0 aromatic heterocycles. The number of hydrogen-bond donors (Lipinski definition) is 1. The van der Waals surface area contributed by atoms with E-state index in [2.05, 4.69) is 11.9 Å². The Balaban J connectivity index is 3.26. The van der Waals surface area contributed by atoms with E-state index in [-0.39, 0.29) is 16.8 Å². The van der Waals surface area contributed by atoms with Gasteiger partial charge >= 0.3 is 0 Å². The lowest BCUT2D eigenvalue weighted by Crippen LogP contribution is -2.11. The average Bonchev–Trinajstić information content (AvgIpc) is 2.21. The maximum Gasteiger partial charge on any atom is 0.247 e. The van der Waals surface area contributed by atoms with Crippen molar-refractivity contribution in [1.82, 2.24) is 0 Å². The summed E-state index contributed by atoms with van der Waals surface area (Å²) in [5, 5.41) is 2.37. The highest BCUT2D eigenvalue weighted by molar-refractivity contribution is 5.99. The zero-order valence-corrected chi connectivity index (χ0v) is 8.53. The van der Waals surface area contributed by atoms with E-state index in [0.29, 0.717) is 0 Å². The molecule has 2 nitrogen and oxygen atoms in total. The fourth-order valence-electron chi connectivity index (χ4n) is 1.21. The van der Waals surface area contributed by atoms with Gasteiger partial charge in [-0.15, -0.1) is 0 Å². The van der Waals surface area contributed by atoms with E-state index in [0.717, 1.165) is 12.1 Å². The summed E-state index contributed by atoms with van der Waals surface area (Å²) < 4.78 is 26.3. The Morgan fingerprint density at radius 3 is 2.20 bits per heavy atom. The predicted molar refractivity (Wildman–Crippen MR) is 54.7 cm³/mol. The third-order valence-corrected chi connectivity index (χ3v) is 2.15. The van der Waals surface area contributed by atoms with Crippen molar-refractivity contribution < 1.29 is 13.6 Å². The Labute approximate surface area is 86.6 Å². The number of rotatable bonds is 2. The molecule has 1 aromatic carbocycles. The van der Waals surface area contributed by atoms with E-state index >= 15 is 0 Å². The monoisotopic (exact) mass is 211 g/mol. The molecule has 0 radical (unpaired) electrons. The van der Waals surface area contributed by atoms with Gasteiger partial charge in [0.1, 0.15) is 11.6 Å². The fraction of sp³-hybridized carbons (Fsp3) is 0.182. The molecular weight excluding hydrogens is 200 g/mol. The van der Waals surface area contributed by atoms with E-state index in [1.807, 2.05) is 0 Å². The lowest BCUT2D eigenvalue weighted by Gasteiger charge is -2.11. The van der Waals surface area contributed by atoms with E-state index < -0.39 is 17.5 Å². The molecule has 0 saturated carbocycles. The van der Waals surface area contributed by atoms with Crippen LogP contribution in [0.5, 0.6) is 0 Å². The molecule has 0 aliphatic carbocycles. The van der Waals surface area contributed by atoms with Crippen molar-refractivity contribution in [3.63, 3.8) is 0 Å². The molecule has 1 N–H and O–H groups in total. The minimum Gasteiger partial charge on any atom is -0.322 e. The SMILES string of the molecule is C=CC(=O)Nc1c(C)c(F)cc(F)c1C. The summed E-state index contributed by atoms with van der Waals surface area (Å²) in [7, 11) is 0. The maximum atomic E-state index is 13.2. The standard InChI is InChI=1S/C11H11F2NO/c1-4-10(15)14-11-6(2)8(12)5-9(13)7(11)3/h4-5H,1H2,2-3H3,(H,14,15). The number of amides is 1. The van der Waals surface area contributed by atoms with Gasteiger partial charge in [0.25, 0.3) is 0 Å². The third kappa shape index (κ3) is 2.21. The number of nitrogens with one attached hydrogen (secondary N) is 1.